The van der Waals surface area contributed by atoms with Crippen LogP contribution in [-0.2, 0) is 0 Å². The molecule has 8 aromatic rings. The summed E-state index contributed by atoms with van der Waals surface area (Å²) in [6.07, 6.45) is 0. The van der Waals surface area contributed by atoms with Gasteiger partial charge >= 0.3 is 0 Å². The second-order valence-corrected chi connectivity index (χ2v) is 12.1. The topological polar surface area (TPSA) is 35.0 Å². The third-order valence-corrected chi connectivity index (χ3v) is 9.42. The molecule has 0 fully saturated rings. The van der Waals surface area contributed by atoms with Gasteiger partial charge in [-0.05, 0) is 74.8 Å². The summed E-state index contributed by atoms with van der Waals surface area (Å²) >= 11 is 1.73. The van der Waals surface area contributed by atoms with Crippen molar-refractivity contribution in [1.29, 1.82) is 0 Å². The zero-order valence-corrected chi connectivity index (χ0v) is 24.4. The van der Waals surface area contributed by atoms with Crippen LogP contribution in [0.1, 0.15) is 0 Å². The lowest BCUT2D eigenvalue weighted by Crippen LogP contribution is -1.98. The van der Waals surface area contributed by atoms with Crippen LogP contribution in [0.25, 0.3) is 66.2 Å². The Hall–Kier alpha value is -5.45. The predicted octanol–water partition coefficient (Wildman–Crippen LogP) is 11.2. The van der Waals surface area contributed by atoms with Crippen LogP contribution >= 0.6 is 11.8 Å². The maximum absolute atomic E-state index is 6.21. The van der Waals surface area contributed by atoms with Crippen LogP contribution in [0, 0.1) is 0 Å². The van der Waals surface area contributed by atoms with Gasteiger partial charge in [-0.15, -0.1) is 0 Å². The summed E-state index contributed by atoms with van der Waals surface area (Å²) in [4.78, 5) is 12.5. The molecular formula is C40H24N2OS. The minimum atomic E-state index is 0.701. The van der Waals surface area contributed by atoms with Crippen molar-refractivity contribution >= 4 is 44.1 Å². The highest BCUT2D eigenvalue weighted by molar-refractivity contribution is 7.99. The van der Waals surface area contributed by atoms with Gasteiger partial charge in [-0.25, -0.2) is 9.97 Å². The molecule has 9 rings (SSSR count). The molecule has 0 unspecified atom stereocenters. The van der Waals surface area contributed by atoms with Gasteiger partial charge in [-0.2, -0.15) is 0 Å². The molecule has 1 aromatic heterocycles. The largest absolute Gasteiger partial charge is 0.455 e. The average molecular weight is 581 g/mol. The van der Waals surface area contributed by atoms with Crippen LogP contribution in [0.4, 0.5) is 0 Å². The second kappa shape index (κ2) is 10.1. The summed E-state index contributed by atoms with van der Waals surface area (Å²) in [5.74, 6) is 2.46. The number of rotatable bonds is 3. The fourth-order valence-corrected chi connectivity index (χ4v) is 7.20. The third-order valence-electron chi connectivity index (χ3n) is 8.33. The molecule has 2 heterocycles. The molecule has 0 radical (unpaired) electrons. The summed E-state index contributed by atoms with van der Waals surface area (Å²) in [5.41, 5.74) is 4.83. The molecule has 0 N–H and O–H groups in total. The Bertz CT molecular complexity index is 2370. The Morgan fingerprint density at radius 3 is 1.70 bits per heavy atom. The molecule has 0 saturated carbocycles. The van der Waals surface area contributed by atoms with Gasteiger partial charge in [-0.1, -0.05) is 115 Å². The molecule has 206 valence electrons. The van der Waals surface area contributed by atoms with E-state index in [0.717, 1.165) is 49.4 Å². The zero-order valence-electron chi connectivity index (χ0n) is 23.6. The van der Waals surface area contributed by atoms with Gasteiger partial charge < -0.3 is 4.74 Å². The van der Waals surface area contributed by atoms with Crippen molar-refractivity contribution in [2.45, 2.75) is 9.79 Å². The van der Waals surface area contributed by atoms with E-state index in [2.05, 4.69) is 103 Å². The Morgan fingerprint density at radius 2 is 0.955 bits per heavy atom. The number of aromatic nitrogens is 2. The van der Waals surface area contributed by atoms with Gasteiger partial charge in [0.2, 0.25) is 0 Å². The summed E-state index contributed by atoms with van der Waals surface area (Å²) < 4.78 is 6.21. The van der Waals surface area contributed by atoms with Crippen LogP contribution in [0.2, 0.25) is 0 Å². The lowest BCUT2D eigenvalue weighted by molar-refractivity contribution is 0.454. The van der Waals surface area contributed by atoms with E-state index in [1.807, 2.05) is 42.5 Å². The third kappa shape index (κ3) is 4.15. The first-order valence-corrected chi connectivity index (χ1v) is 15.5. The predicted molar refractivity (Wildman–Crippen MR) is 181 cm³/mol. The van der Waals surface area contributed by atoms with Crippen molar-refractivity contribution in [2.24, 2.45) is 0 Å². The Labute approximate surface area is 258 Å². The smallest absolute Gasteiger partial charge is 0.160 e. The maximum atomic E-state index is 6.21. The van der Waals surface area contributed by atoms with E-state index in [0.29, 0.717) is 5.82 Å². The summed E-state index contributed by atoms with van der Waals surface area (Å²) in [6.45, 7) is 0. The minimum Gasteiger partial charge on any atom is -0.455 e. The van der Waals surface area contributed by atoms with Crippen molar-refractivity contribution in [3.63, 3.8) is 0 Å². The lowest BCUT2D eigenvalue weighted by Gasteiger charge is -2.20. The standard InChI is InChI=1S/C40H24N2OS/c1-2-10-25(11-3-1)34-24-35(26-19-21-37-39(23-26)44-38-17-9-8-16-36(38)43-37)42-40(41-34)27-18-20-32-30-14-5-4-12-28(30)29-13-6-7-15-31(29)33(32)22-27/h1-24H. The first kappa shape index (κ1) is 25.1. The maximum Gasteiger partial charge on any atom is 0.160 e. The summed E-state index contributed by atoms with van der Waals surface area (Å²) in [5, 5.41) is 7.44. The van der Waals surface area contributed by atoms with Crippen molar-refractivity contribution in [1.82, 2.24) is 9.97 Å². The number of nitrogens with zero attached hydrogens (tertiary/aromatic N) is 2. The summed E-state index contributed by atoms with van der Waals surface area (Å²) in [7, 11) is 0. The fourth-order valence-electron chi connectivity index (χ4n) is 6.21. The first-order valence-electron chi connectivity index (χ1n) is 14.7. The Kier molecular flexibility index (Phi) is 5.75. The van der Waals surface area contributed by atoms with Gasteiger partial charge in [-0.3, -0.25) is 0 Å². The number of para-hydroxylation sites is 1. The van der Waals surface area contributed by atoms with Crippen molar-refractivity contribution in [2.75, 3.05) is 0 Å². The molecule has 44 heavy (non-hydrogen) atoms. The molecule has 4 heteroatoms. The Balaban J connectivity index is 1.23. The molecule has 0 spiro atoms. The molecule has 1 aliphatic rings. The normalized spacial score (nSPS) is 12.2. The number of fused-ring (bicyclic) bond motifs is 8. The Morgan fingerprint density at radius 1 is 0.386 bits per heavy atom. The van der Waals surface area contributed by atoms with Crippen molar-refractivity contribution < 1.29 is 4.74 Å². The molecule has 0 atom stereocenters. The number of hydrogen-bond donors (Lipinski definition) is 0. The van der Waals surface area contributed by atoms with E-state index in [4.69, 9.17) is 14.7 Å². The fraction of sp³-hybridized carbons (Fsp3) is 0. The van der Waals surface area contributed by atoms with Crippen molar-refractivity contribution in [3.05, 3.63) is 146 Å². The molecule has 0 aliphatic carbocycles. The van der Waals surface area contributed by atoms with E-state index < -0.39 is 0 Å². The quantitative estimate of drug-likeness (QED) is 0.195. The van der Waals surface area contributed by atoms with Gasteiger partial charge in [0.1, 0.15) is 11.5 Å². The van der Waals surface area contributed by atoms with Crippen LogP contribution in [0.15, 0.2) is 155 Å². The molecular weight excluding hydrogens is 557 g/mol. The van der Waals surface area contributed by atoms with E-state index >= 15 is 0 Å². The number of benzene rings is 7. The number of ether oxygens (including phenoxy) is 1. The number of hydrogen-bond acceptors (Lipinski definition) is 4. The summed E-state index contributed by atoms with van der Waals surface area (Å²) in [6, 6.07) is 50.8. The molecule has 1 aliphatic heterocycles. The first-order chi connectivity index (χ1) is 21.8. The van der Waals surface area contributed by atoms with Gasteiger partial charge in [0, 0.05) is 16.7 Å². The highest BCUT2D eigenvalue weighted by atomic mass is 32.2. The van der Waals surface area contributed by atoms with Crippen molar-refractivity contribution in [3.8, 4) is 45.4 Å². The zero-order chi connectivity index (χ0) is 29.0. The molecule has 7 aromatic carbocycles. The molecule has 0 saturated heterocycles. The van der Waals surface area contributed by atoms with E-state index in [1.54, 1.807) is 11.8 Å². The molecule has 0 amide bonds. The SMILES string of the molecule is c1ccc(-c2cc(-c3ccc4c(c3)Sc3ccccc3O4)nc(-c3ccc4c5ccccc5c5ccccc5c4c3)n2)cc1. The van der Waals surface area contributed by atoms with Crippen LogP contribution in [-0.4, -0.2) is 9.97 Å². The minimum absolute atomic E-state index is 0.701. The average Bonchev–Trinajstić information content (AvgIpc) is 3.10. The monoisotopic (exact) mass is 580 g/mol. The molecule has 3 nitrogen and oxygen atoms in total. The van der Waals surface area contributed by atoms with E-state index in [9.17, 15) is 0 Å². The highest BCUT2D eigenvalue weighted by Crippen LogP contribution is 2.48. The highest BCUT2D eigenvalue weighted by Gasteiger charge is 2.19. The van der Waals surface area contributed by atoms with E-state index in [-0.39, 0.29) is 0 Å². The van der Waals surface area contributed by atoms with Crippen LogP contribution in [0.3, 0.4) is 0 Å². The van der Waals surface area contributed by atoms with Gasteiger partial charge in [0.05, 0.1) is 21.2 Å². The van der Waals surface area contributed by atoms with Gasteiger partial charge in [0.15, 0.2) is 5.82 Å². The lowest BCUT2D eigenvalue weighted by atomic mass is 9.93. The molecule has 0 bridgehead atoms. The second-order valence-electron chi connectivity index (χ2n) is 11.0. The van der Waals surface area contributed by atoms with Crippen LogP contribution < -0.4 is 4.74 Å². The van der Waals surface area contributed by atoms with Gasteiger partial charge in [0.25, 0.3) is 0 Å². The van der Waals surface area contributed by atoms with Crippen LogP contribution in [0.5, 0.6) is 11.5 Å². The van der Waals surface area contributed by atoms with E-state index in [1.165, 1.54) is 32.3 Å².